The van der Waals surface area contributed by atoms with Crippen molar-refractivity contribution in [1.82, 2.24) is 15.2 Å². The summed E-state index contributed by atoms with van der Waals surface area (Å²) >= 11 is 0. The molecule has 1 aromatic heterocycles. The van der Waals surface area contributed by atoms with Gasteiger partial charge in [0.05, 0.1) is 11.4 Å². The lowest BCUT2D eigenvalue weighted by molar-refractivity contribution is 0.312. The zero-order valence-electron chi connectivity index (χ0n) is 12.0. The zero-order valence-corrected chi connectivity index (χ0v) is 12.0. The summed E-state index contributed by atoms with van der Waals surface area (Å²) in [6.07, 6.45) is 2.70. The molecule has 3 nitrogen and oxygen atoms in total. The number of hydrogen-bond donors (Lipinski definition) is 1. The van der Waals surface area contributed by atoms with Crippen molar-refractivity contribution < 1.29 is 0 Å². The molecule has 1 aliphatic rings. The number of hydrogen-bond acceptors (Lipinski definition) is 3. The Morgan fingerprint density at radius 3 is 2.56 bits per heavy atom. The van der Waals surface area contributed by atoms with Crippen LogP contribution >= 0.6 is 0 Å². The predicted octanol–water partition coefficient (Wildman–Crippen LogP) is 2.56. The Bertz CT molecular complexity index is 391. The van der Waals surface area contributed by atoms with Crippen LogP contribution < -0.4 is 5.32 Å². The van der Waals surface area contributed by atoms with Crippen LogP contribution in [0.25, 0.3) is 0 Å². The minimum Gasteiger partial charge on any atom is -0.306 e. The molecule has 1 saturated carbocycles. The van der Waals surface area contributed by atoms with Gasteiger partial charge in [-0.15, -0.1) is 0 Å². The molecule has 1 fully saturated rings. The maximum Gasteiger partial charge on any atom is 0.0547 e. The Morgan fingerprint density at radius 2 is 1.94 bits per heavy atom. The van der Waals surface area contributed by atoms with Crippen molar-refractivity contribution in [2.24, 2.45) is 0 Å². The first kappa shape index (κ1) is 13.5. The number of pyridine rings is 1. The van der Waals surface area contributed by atoms with Crippen molar-refractivity contribution in [3.63, 3.8) is 0 Å². The third-order valence-electron chi connectivity index (χ3n) is 3.25. The number of nitrogens with zero attached hydrogens (tertiary/aromatic N) is 2. The van der Waals surface area contributed by atoms with Crippen molar-refractivity contribution in [3.8, 4) is 0 Å². The summed E-state index contributed by atoms with van der Waals surface area (Å²) in [7, 11) is 2.19. The van der Waals surface area contributed by atoms with Crippen LogP contribution in [0.15, 0.2) is 18.2 Å². The molecule has 0 bridgehead atoms. The van der Waals surface area contributed by atoms with Crippen LogP contribution in [0.1, 0.15) is 45.0 Å². The van der Waals surface area contributed by atoms with Crippen LogP contribution in [-0.2, 0) is 13.1 Å². The normalized spacial score (nSPS) is 16.3. The maximum absolute atomic E-state index is 4.72. The first-order valence-electron chi connectivity index (χ1n) is 6.84. The molecule has 18 heavy (non-hydrogen) atoms. The van der Waals surface area contributed by atoms with E-state index in [2.05, 4.69) is 56.2 Å². The van der Waals surface area contributed by atoms with Gasteiger partial charge in [0.25, 0.3) is 0 Å². The van der Waals surface area contributed by atoms with Gasteiger partial charge in [-0.25, -0.2) is 0 Å². The molecule has 1 heterocycles. The van der Waals surface area contributed by atoms with E-state index in [9.17, 15) is 0 Å². The smallest absolute Gasteiger partial charge is 0.0547 e. The third-order valence-corrected chi connectivity index (χ3v) is 3.25. The number of aromatic nitrogens is 1. The second kappa shape index (κ2) is 5.37. The van der Waals surface area contributed by atoms with Crippen molar-refractivity contribution in [2.75, 3.05) is 7.05 Å². The van der Waals surface area contributed by atoms with E-state index in [4.69, 9.17) is 4.98 Å². The molecule has 0 radical (unpaired) electrons. The van der Waals surface area contributed by atoms with Crippen LogP contribution in [0.2, 0.25) is 0 Å². The lowest BCUT2D eigenvalue weighted by Crippen LogP contribution is -2.35. The van der Waals surface area contributed by atoms with E-state index in [1.807, 2.05) is 0 Å². The molecule has 1 N–H and O–H groups in total. The quantitative estimate of drug-likeness (QED) is 0.867. The predicted molar refractivity (Wildman–Crippen MR) is 75.3 cm³/mol. The summed E-state index contributed by atoms with van der Waals surface area (Å²) in [5.41, 5.74) is 2.45. The Morgan fingerprint density at radius 1 is 1.28 bits per heavy atom. The van der Waals surface area contributed by atoms with Gasteiger partial charge < -0.3 is 5.32 Å². The van der Waals surface area contributed by atoms with Crippen molar-refractivity contribution in [3.05, 3.63) is 29.6 Å². The fourth-order valence-electron chi connectivity index (χ4n) is 1.97. The third kappa shape index (κ3) is 4.39. The van der Waals surface area contributed by atoms with Gasteiger partial charge in [-0.05, 0) is 52.8 Å². The minimum atomic E-state index is 0.141. The van der Waals surface area contributed by atoms with Gasteiger partial charge in [-0.1, -0.05) is 6.07 Å². The van der Waals surface area contributed by atoms with Crippen molar-refractivity contribution in [1.29, 1.82) is 0 Å². The van der Waals surface area contributed by atoms with Gasteiger partial charge in [-0.3, -0.25) is 9.88 Å². The highest BCUT2D eigenvalue weighted by atomic mass is 15.2. The molecule has 0 aliphatic heterocycles. The first-order chi connectivity index (χ1) is 8.44. The van der Waals surface area contributed by atoms with Crippen LogP contribution in [0.5, 0.6) is 0 Å². The largest absolute Gasteiger partial charge is 0.306 e. The van der Waals surface area contributed by atoms with Gasteiger partial charge in [0.1, 0.15) is 0 Å². The fourth-order valence-corrected chi connectivity index (χ4v) is 1.97. The summed E-state index contributed by atoms with van der Waals surface area (Å²) < 4.78 is 0. The molecule has 1 aromatic rings. The van der Waals surface area contributed by atoms with Gasteiger partial charge in [-0.2, -0.15) is 0 Å². The summed E-state index contributed by atoms with van der Waals surface area (Å²) in [6, 6.07) is 7.13. The molecule has 0 saturated heterocycles. The van der Waals surface area contributed by atoms with E-state index in [0.29, 0.717) is 0 Å². The molecule has 100 valence electrons. The average Bonchev–Trinajstić information content (AvgIpc) is 3.09. The topological polar surface area (TPSA) is 28.2 Å². The Hall–Kier alpha value is -0.930. The van der Waals surface area contributed by atoms with Crippen LogP contribution in [0.4, 0.5) is 0 Å². The van der Waals surface area contributed by atoms with Crippen molar-refractivity contribution >= 4 is 0 Å². The highest BCUT2D eigenvalue weighted by molar-refractivity contribution is 5.11. The summed E-state index contributed by atoms with van der Waals surface area (Å²) in [4.78, 5) is 7.13. The van der Waals surface area contributed by atoms with E-state index < -0.39 is 0 Å². The average molecular weight is 247 g/mol. The SMILES string of the molecule is CN(Cc1cccc(CNC(C)(C)C)n1)C1CC1. The Kier molecular flexibility index (Phi) is 4.03. The zero-order chi connectivity index (χ0) is 13.2. The van der Waals surface area contributed by atoms with Gasteiger partial charge in [0.2, 0.25) is 0 Å². The summed E-state index contributed by atoms with van der Waals surface area (Å²) in [5.74, 6) is 0. The van der Waals surface area contributed by atoms with Gasteiger partial charge in [0, 0.05) is 24.7 Å². The Balaban J connectivity index is 1.92. The summed E-state index contributed by atoms with van der Waals surface area (Å²) in [6.45, 7) is 8.34. The number of rotatable bonds is 5. The Labute approximate surface area is 111 Å². The standard InChI is InChI=1S/C15H25N3/c1-15(2,3)16-10-12-6-5-7-13(17-12)11-18(4)14-8-9-14/h5-7,14,16H,8-11H2,1-4H3. The molecule has 0 aromatic carbocycles. The monoisotopic (exact) mass is 247 g/mol. The van der Waals surface area contributed by atoms with Gasteiger partial charge >= 0.3 is 0 Å². The molecule has 0 unspecified atom stereocenters. The molecule has 1 aliphatic carbocycles. The fraction of sp³-hybridized carbons (Fsp3) is 0.667. The van der Waals surface area contributed by atoms with E-state index in [0.717, 1.165) is 24.8 Å². The van der Waals surface area contributed by atoms with Crippen molar-refractivity contribution in [2.45, 2.75) is 58.3 Å². The maximum atomic E-state index is 4.72. The number of nitrogens with one attached hydrogen (secondary N) is 1. The highest BCUT2D eigenvalue weighted by Gasteiger charge is 2.26. The molecular weight excluding hydrogens is 222 g/mol. The highest BCUT2D eigenvalue weighted by Crippen LogP contribution is 2.26. The molecule has 0 amide bonds. The molecule has 0 atom stereocenters. The van der Waals surface area contributed by atoms with E-state index >= 15 is 0 Å². The molecular formula is C15H25N3. The van der Waals surface area contributed by atoms with E-state index in [-0.39, 0.29) is 5.54 Å². The summed E-state index contributed by atoms with van der Waals surface area (Å²) in [5, 5.41) is 3.48. The van der Waals surface area contributed by atoms with Crippen LogP contribution in [0, 0.1) is 0 Å². The minimum absolute atomic E-state index is 0.141. The molecule has 2 rings (SSSR count). The van der Waals surface area contributed by atoms with Crippen LogP contribution in [-0.4, -0.2) is 28.5 Å². The second-order valence-corrected chi connectivity index (χ2v) is 6.37. The first-order valence-corrected chi connectivity index (χ1v) is 6.84. The van der Waals surface area contributed by atoms with Gasteiger partial charge in [0.15, 0.2) is 0 Å². The van der Waals surface area contributed by atoms with Crippen LogP contribution in [0.3, 0.4) is 0 Å². The second-order valence-electron chi connectivity index (χ2n) is 6.37. The lowest BCUT2D eigenvalue weighted by atomic mass is 10.1. The van der Waals surface area contributed by atoms with E-state index in [1.165, 1.54) is 18.5 Å². The molecule has 3 heteroatoms. The molecule has 0 spiro atoms. The lowest BCUT2D eigenvalue weighted by Gasteiger charge is -2.20. The van der Waals surface area contributed by atoms with E-state index in [1.54, 1.807) is 0 Å².